The second-order valence-corrected chi connectivity index (χ2v) is 4.33. The third kappa shape index (κ3) is 2.59. The lowest BCUT2D eigenvalue weighted by molar-refractivity contribution is -0.136. The Morgan fingerprint density at radius 3 is 2.47 bits per heavy atom. The molecule has 0 aliphatic rings. The minimum Gasteiger partial charge on any atom is -0.497 e. The number of carbonyl (C=O) groups is 1. The van der Waals surface area contributed by atoms with Gasteiger partial charge < -0.3 is 9.84 Å². The number of aryl methyl sites for hydroxylation is 1. The summed E-state index contributed by atoms with van der Waals surface area (Å²) in [6.45, 7) is 3.70. The van der Waals surface area contributed by atoms with E-state index in [4.69, 9.17) is 9.84 Å². The monoisotopic (exact) mass is 260 g/mol. The fourth-order valence-corrected chi connectivity index (χ4v) is 2.06. The van der Waals surface area contributed by atoms with Crippen molar-refractivity contribution in [1.82, 2.24) is 9.78 Å². The predicted octanol–water partition coefficient (Wildman–Crippen LogP) is 2.12. The summed E-state index contributed by atoms with van der Waals surface area (Å²) in [6, 6.07) is 7.48. The van der Waals surface area contributed by atoms with Crippen molar-refractivity contribution in [2.75, 3.05) is 7.11 Å². The van der Waals surface area contributed by atoms with E-state index in [0.717, 1.165) is 28.4 Å². The van der Waals surface area contributed by atoms with Crippen LogP contribution in [0.1, 0.15) is 17.0 Å². The molecule has 1 N–H and O–H groups in total. The number of hydrogen-bond donors (Lipinski definition) is 1. The van der Waals surface area contributed by atoms with Crippen molar-refractivity contribution < 1.29 is 14.6 Å². The molecule has 0 radical (unpaired) electrons. The van der Waals surface area contributed by atoms with Gasteiger partial charge in [-0.15, -0.1) is 0 Å². The third-order valence-electron chi connectivity index (χ3n) is 3.09. The van der Waals surface area contributed by atoms with E-state index < -0.39 is 5.97 Å². The molecule has 2 aromatic rings. The molecule has 0 bridgehead atoms. The Morgan fingerprint density at radius 1 is 1.32 bits per heavy atom. The number of benzene rings is 1. The first-order valence-electron chi connectivity index (χ1n) is 5.94. The van der Waals surface area contributed by atoms with Crippen molar-refractivity contribution in [2.45, 2.75) is 20.3 Å². The van der Waals surface area contributed by atoms with Gasteiger partial charge in [-0.2, -0.15) is 5.10 Å². The van der Waals surface area contributed by atoms with Gasteiger partial charge >= 0.3 is 5.97 Å². The van der Waals surface area contributed by atoms with Gasteiger partial charge in [0.15, 0.2) is 0 Å². The van der Waals surface area contributed by atoms with Crippen molar-refractivity contribution in [2.24, 2.45) is 0 Å². The maximum atomic E-state index is 10.8. The Kier molecular flexibility index (Phi) is 3.55. The van der Waals surface area contributed by atoms with Gasteiger partial charge in [0.1, 0.15) is 5.75 Å². The maximum Gasteiger partial charge on any atom is 0.307 e. The number of nitrogens with zero attached hydrogens (tertiary/aromatic N) is 2. The molecule has 0 fully saturated rings. The highest BCUT2D eigenvalue weighted by Crippen LogP contribution is 2.20. The molecule has 2 rings (SSSR count). The molecule has 0 saturated carbocycles. The van der Waals surface area contributed by atoms with Gasteiger partial charge in [-0.05, 0) is 38.1 Å². The normalized spacial score (nSPS) is 10.5. The molecule has 5 nitrogen and oxygen atoms in total. The molecule has 0 spiro atoms. The first kappa shape index (κ1) is 13.1. The van der Waals surface area contributed by atoms with Crippen LogP contribution in [0.3, 0.4) is 0 Å². The van der Waals surface area contributed by atoms with Gasteiger partial charge in [0.05, 0.1) is 24.9 Å². The van der Waals surface area contributed by atoms with Crippen LogP contribution in [0.15, 0.2) is 24.3 Å². The molecule has 5 heteroatoms. The van der Waals surface area contributed by atoms with Crippen LogP contribution in [0.25, 0.3) is 5.69 Å². The summed E-state index contributed by atoms with van der Waals surface area (Å²) in [5, 5.41) is 13.3. The Morgan fingerprint density at radius 2 is 1.95 bits per heavy atom. The highest BCUT2D eigenvalue weighted by Gasteiger charge is 2.15. The lowest BCUT2D eigenvalue weighted by Crippen LogP contribution is -2.03. The first-order valence-corrected chi connectivity index (χ1v) is 5.94. The lowest BCUT2D eigenvalue weighted by Gasteiger charge is -2.06. The van der Waals surface area contributed by atoms with E-state index in [1.165, 1.54) is 0 Å². The zero-order chi connectivity index (χ0) is 14.0. The summed E-state index contributed by atoms with van der Waals surface area (Å²) < 4.78 is 6.87. The zero-order valence-corrected chi connectivity index (χ0v) is 11.2. The van der Waals surface area contributed by atoms with Crippen LogP contribution in [0.5, 0.6) is 5.75 Å². The van der Waals surface area contributed by atoms with E-state index in [1.54, 1.807) is 11.8 Å². The van der Waals surface area contributed by atoms with Crippen LogP contribution >= 0.6 is 0 Å². The molecule has 0 unspecified atom stereocenters. The highest BCUT2D eigenvalue weighted by molar-refractivity contribution is 5.71. The number of carboxylic acids is 1. The van der Waals surface area contributed by atoms with Gasteiger partial charge in [0.2, 0.25) is 0 Å². The fourth-order valence-electron chi connectivity index (χ4n) is 2.06. The number of carboxylic acid groups (broad SMARTS) is 1. The molecule has 1 aromatic heterocycles. The molecule has 0 amide bonds. The smallest absolute Gasteiger partial charge is 0.307 e. The summed E-state index contributed by atoms with van der Waals surface area (Å²) in [5.41, 5.74) is 3.25. The average molecular weight is 260 g/mol. The number of aliphatic carboxylic acids is 1. The minimum absolute atomic E-state index is 0.00613. The third-order valence-corrected chi connectivity index (χ3v) is 3.09. The highest BCUT2D eigenvalue weighted by atomic mass is 16.5. The van der Waals surface area contributed by atoms with Gasteiger partial charge in [-0.25, -0.2) is 4.68 Å². The summed E-state index contributed by atoms with van der Waals surface area (Å²) in [5.74, 6) is -0.0727. The molecule has 0 aliphatic heterocycles. The van der Waals surface area contributed by atoms with Crippen LogP contribution in [-0.2, 0) is 11.2 Å². The van der Waals surface area contributed by atoms with Crippen LogP contribution in [-0.4, -0.2) is 28.0 Å². The number of aromatic nitrogens is 2. The van der Waals surface area contributed by atoms with Gasteiger partial charge in [-0.1, -0.05) is 0 Å². The van der Waals surface area contributed by atoms with E-state index in [0.29, 0.717) is 0 Å². The molecular weight excluding hydrogens is 244 g/mol. The number of hydrogen-bond acceptors (Lipinski definition) is 3. The van der Waals surface area contributed by atoms with Crippen molar-refractivity contribution >= 4 is 5.97 Å². The second-order valence-electron chi connectivity index (χ2n) is 4.33. The molecule has 0 aliphatic carbocycles. The zero-order valence-electron chi connectivity index (χ0n) is 11.2. The SMILES string of the molecule is COc1ccc(-n2nc(C)c(CC(=O)O)c2C)cc1. The van der Waals surface area contributed by atoms with E-state index >= 15 is 0 Å². The van der Waals surface area contributed by atoms with Crippen LogP contribution in [0, 0.1) is 13.8 Å². The number of rotatable bonds is 4. The minimum atomic E-state index is -0.847. The summed E-state index contributed by atoms with van der Waals surface area (Å²) in [6.07, 6.45) is -0.00613. The summed E-state index contributed by atoms with van der Waals surface area (Å²) in [4.78, 5) is 10.8. The Balaban J connectivity index is 2.42. The summed E-state index contributed by atoms with van der Waals surface area (Å²) in [7, 11) is 1.61. The fraction of sp³-hybridized carbons (Fsp3) is 0.286. The molecule has 0 atom stereocenters. The van der Waals surface area contributed by atoms with E-state index in [9.17, 15) is 4.79 Å². The Bertz CT molecular complexity index is 600. The van der Waals surface area contributed by atoms with Crippen molar-refractivity contribution in [3.63, 3.8) is 0 Å². The van der Waals surface area contributed by atoms with E-state index in [1.807, 2.05) is 38.1 Å². The van der Waals surface area contributed by atoms with Crippen molar-refractivity contribution in [1.29, 1.82) is 0 Å². The van der Waals surface area contributed by atoms with E-state index in [2.05, 4.69) is 5.10 Å². The number of methoxy groups -OCH3 is 1. The molecule has 1 heterocycles. The molecule has 0 saturated heterocycles. The lowest BCUT2D eigenvalue weighted by atomic mass is 10.1. The Hall–Kier alpha value is -2.30. The molecule has 1 aromatic carbocycles. The van der Waals surface area contributed by atoms with Gasteiger partial charge in [0, 0.05) is 11.3 Å². The van der Waals surface area contributed by atoms with Crippen LogP contribution in [0.4, 0.5) is 0 Å². The van der Waals surface area contributed by atoms with Crippen molar-refractivity contribution in [3.05, 3.63) is 41.2 Å². The molecule has 19 heavy (non-hydrogen) atoms. The van der Waals surface area contributed by atoms with E-state index in [-0.39, 0.29) is 6.42 Å². The standard InChI is InChI=1S/C14H16N2O3/c1-9-13(8-14(17)18)10(2)16(15-9)11-4-6-12(19-3)7-5-11/h4-7H,8H2,1-3H3,(H,17,18). The average Bonchev–Trinajstić information content (AvgIpc) is 2.66. The molecular formula is C14H16N2O3. The Labute approximate surface area is 111 Å². The summed E-state index contributed by atoms with van der Waals surface area (Å²) >= 11 is 0. The van der Waals surface area contributed by atoms with Gasteiger partial charge in [-0.3, -0.25) is 4.79 Å². The van der Waals surface area contributed by atoms with Crippen LogP contribution < -0.4 is 4.74 Å². The van der Waals surface area contributed by atoms with Crippen LogP contribution in [0.2, 0.25) is 0 Å². The quantitative estimate of drug-likeness (QED) is 0.914. The largest absolute Gasteiger partial charge is 0.497 e. The topological polar surface area (TPSA) is 64.4 Å². The number of ether oxygens (including phenoxy) is 1. The maximum absolute atomic E-state index is 10.8. The molecule has 100 valence electrons. The van der Waals surface area contributed by atoms with Crippen molar-refractivity contribution in [3.8, 4) is 11.4 Å². The predicted molar refractivity (Wildman–Crippen MR) is 70.9 cm³/mol. The first-order chi connectivity index (χ1) is 9.02. The van der Waals surface area contributed by atoms with Gasteiger partial charge in [0.25, 0.3) is 0 Å². The second kappa shape index (κ2) is 5.14.